The van der Waals surface area contributed by atoms with Crippen molar-refractivity contribution in [2.45, 2.75) is 0 Å². The van der Waals surface area contributed by atoms with Gasteiger partial charge in [-0.05, 0) is 12.1 Å². The van der Waals surface area contributed by atoms with Gasteiger partial charge in [0.25, 0.3) is 0 Å². The van der Waals surface area contributed by atoms with Crippen LogP contribution in [-0.2, 0) is 0 Å². The first kappa shape index (κ1) is 12.1. The van der Waals surface area contributed by atoms with Gasteiger partial charge in [0, 0.05) is 43.4 Å². The molecule has 1 aromatic heterocycles. The maximum Gasteiger partial charge on any atom is 0.0722 e. The molecule has 4 heteroatoms. The molecule has 0 amide bonds. The van der Waals surface area contributed by atoms with Crippen LogP contribution in [0.2, 0.25) is 0 Å². The van der Waals surface area contributed by atoms with Crippen molar-refractivity contribution in [1.29, 1.82) is 0 Å². The summed E-state index contributed by atoms with van der Waals surface area (Å²) in [5.74, 6) is 0. The number of pyridine rings is 1. The summed E-state index contributed by atoms with van der Waals surface area (Å²) in [5.41, 5.74) is 2.39. The summed E-state index contributed by atoms with van der Waals surface area (Å²) in [7, 11) is 0. The molecule has 0 bridgehead atoms. The van der Waals surface area contributed by atoms with Crippen molar-refractivity contribution in [1.82, 2.24) is 10.3 Å². The third-order valence-electron chi connectivity index (χ3n) is 3.08. The van der Waals surface area contributed by atoms with E-state index in [1.165, 1.54) is 11.1 Å². The topological polar surface area (TPSA) is 28.2 Å². The molecule has 0 saturated carbocycles. The van der Waals surface area contributed by atoms with Crippen LogP contribution in [-0.4, -0.2) is 31.2 Å². The molecule has 90 valence electrons. The molecule has 0 atom stereocenters. The normalized spacial score (nSPS) is 15.6. The van der Waals surface area contributed by atoms with Gasteiger partial charge >= 0.3 is 0 Å². The van der Waals surface area contributed by atoms with E-state index in [1.54, 1.807) is 0 Å². The van der Waals surface area contributed by atoms with Crippen LogP contribution in [0, 0.1) is 0 Å². The molecule has 0 radical (unpaired) electrons. The van der Waals surface area contributed by atoms with E-state index in [0.29, 0.717) is 0 Å². The van der Waals surface area contributed by atoms with Crippen LogP contribution in [0.3, 0.4) is 0 Å². The van der Waals surface area contributed by atoms with Crippen molar-refractivity contribution in [3.63, 3.8) is 0 Å². The first-order chi connectivity index (χ1) is 7.95. The van der Waals surface area contributed by atoms with Gasteiger partial charge in [0.1, 0.15) is 0 Å². The minimum absolute atomic E-state index is 0. The fourth-order valence-corrected chi connectivity index (χ4v) is 2.26. The highest BCUT2D eigenvalue weighted by atomic mass is 35.5. The molecule has 2 aromatic rings. The molecule has 3 nitrogen and oxygen atoms in total. The Labute approximate surface area is 107 Å². The smallest absolute Gasteiger partial charge is 0.0722 e. The zero-order valence-corrected chi connectivity index (χ0v) is 10.4. The van der Waals surface area contributed by atoms with Crippen LogP contribution in [0.15, 0.2) is 36.5 Å². The summed E-state index contributed by atoms with van der Waals surface area (Å²) in [5, 5.41) is 4.63. The maximum atomic E-state index is 4.39. The van der Waals surface area contributed by atoms with E-state index in [4.69, 9.17) is 0 Å². The number of aromatic nitrogens is 1. The van der Waals surface area contributed by atoms with Gasteiger partial charge in [0.15, 0.2) is 0 Å². The molecule has 2 heterocycles. The molecule has 17 heavy (non-hydrogen) atoms. The molecule has 1 N–H and O–H groups in total. The number of hydrogen-bond donors (Lipinski definition) is 1. The maximum absolute atomic E-state index is 4.39. The molecule has 0 unspecified atom stereocenters. The summed E-state index contributed by atoms with van der Waals surface area (Å²) >= 11 is 0. The first-order valence-electron chi connectivity index (χ1n) is 5.74. The Balaban J connectivity index is 0.00000108. The number of halogens is 1. The Morgan fingerprint density at radius 3 is 2.65 bits per heavy atom. The minimum atomic E-state index is 0. The van der Waals surface area contributed by atoms with Gasteiger partial charge in [0.2, 0.25) is 0 Å². The largest absolute Gasteiger partial charge is 0.368 e. The van der Waals surface area contributed by atoms with Gasteiger partial charge in [0.05, 0.1) is 5.52 Å². The Morgan fingerprint density at radius 1 is 1.06 bits per heavy atom. The Kier molecular flexibility index (Phi) is 3.82. The second-order valence-electron chi connectivity index (χ2n) is 4.08. The van der Waals surface area contributed by atoms with Crippen molar-refractivity contribution < 1.29 is 0 Å². The fourth-order valence-electron chi connectivity index (χ4n) is 2.26. The first-order valence-corrected chi connectivity index (χ1v) is 5.74. The van der Waals surface area contributed by atoms with Crippen molar-refractivity contribution in [2.75, 3.05) is 31.1 Å². The third-order valence-corrected chi connectivity index (χ3v) is 3.08. The summed E-state index contributed by atoms with van der Waals surface area (Å²) in [6.45, 7) is 4.29. The number of para-hydroxylation sites is 1. The predicted octanol–water partition coefficient (Wildman–Crippen LogP) is 2.07. The molecule has 3 rings (SSSR count). The van der Waals surface area contributed by atoms with E-state index >= 15 is 0 Å². The van der Waals surface area contributed by atoms with Gasteiger partial charge < -0.3 is 10.2 Å². The molecule has 1 aliphatic heterocycles. The van der Waals surface area contributed by atoms with Crippen LogP contribution in [0.1, 0.15) is 0 Å². The Hall–Kier alpha value is -1.32. The molecular weight excluding hydrogens is 234 g/mol. The van der Waals surface area contributed by atoms with E-state index in [0.717, 1.165) is 31.7 Å². The van der Waals surface area contributed by atoms with Crippen LogP contribution in [0.4, 0.5) is 5.69 Å². The zero-order valence-electron chi connectivity index (χ0n) is 9.60. The molecule has 1 saturated heterocycles. The molecule has 0 spiro atoms. The lowest BCUT2D eigenvalue weighted by Gasteiger charge is -2.30. The van der Waals surface area contributed by atoms with Crippen molar-refractivity contribution in [3.8, 4) is 0 Å². The van der Waals surface area contributed by atoms with Crippen molar-refractivity contribution >= 4 is 29.0 Å². The Morgan fingerprint density at radius 2 is 1.82 bits per heavy atom. The van der Waals surface area contributed by atoms with Crippen molar-refractivity contribution in [3.05, 3.63) is 36.5 Å². The lowest BCUT2D eigenvalue weighted by molar-refractivity contribution is 0.590. The second-order valence-corrected chi connectivity index (χ2v) is 4.08. The summed E-state index contributed by atoms with van der Waals surface area (Å²) in [6, 6.07) is 10.5. The number of nitrogens with zero attached hydrogens (tertiary/aromatic N) is 2. The van der Waals surface area contributed by atoms with Crippen LogP contribution in [0.25, 0.3) is 10.9 Å². The van der Waals surface area contributed by atoms with Crippen molar-refractivity contribution in [2.24, 2.45) is 0 Å². The molecular formula is C13H16ClN3. The van der Waals surface area contributed by atoms with Crippen LogP contribution >= 0.6 is 12.4 Å². The quantitative estimate of drug-likeness (QED) is 0.839. The number of nitrogens with one attached hydrogen (secondary N) is 1. The fraction of sp³-hybridized carbons (Fsp3) is 0.308. The lowest BCUT2D eigenvalue weighted by Crippen LogP contribution is -2.43. The molecule has 1 aliphatic rings. The SMILES string of the molecule is Cl.c1ccc2c(N3CCNCC3)ccnc2c1. The Bertz CT molecular complexity index is 489. The molecule has 0 aliphatic carbocycles. The number of rotatable bonds is 1. The van der Waals surface area contributed by atoms with Gasteiger partial charge in [-0.15, -0.1) is 12.4 Å². The van der Waals surface area contributed by atoms with E-state index in [2.05, 4.69) is 39.5 Å². The average molecular weight is 250 g/mol. The molecule has 1 aromatic carbocycles. The lowest BCUT2D eigenvalue weighted by atomic mass is 10.1. The van der Waals surface area contributed by atoms with E-state index < -0.39 is 0 Å². The van der Waals surface area contributed by atoms with E-state index in [1.807, 2.05) is 12.3 Å². The standard InChI is InChI=1S/C13H15N3.ClH/c1-2-4-12-11(3-1)13(5-6-15-12)16-9-7-14-8-10-16;/h1-6,14H,7-10H2;1H. The van der Waals surface area contributed by atoms with Crippen LogP contribution < -0.4 is 10.2 Å². The summed E-state index contributed by atoms with van der Waals surface area (Å²) < 4.78 is 0. The van der Waals surface area contributed by atoms with E-state index in [-0.39, 0.29) is 12.4 Å². The predicted molar refractivity (Wildman–Crippen MR) is 74.1 cm³/mol. The molecule has 1 fully saturated rings. The minimum Gasteiger partial charge on any atom is -0.368 e. The number of hydrogen-bond acceptors (Lipinski definition) is 3. The zero-order chi connectivity index (χ0) is 10.8. The van der Waals surface area contributed by atoms with Gasteiger partial charge in [-0.3, -0.25) is 4.98 Å². The third kappa shape index (κ3) is 2.35. The van der Waals surface area contributed by atoms with Gasteiger partial charge in [-0.1, -0.05) is 18.2 Å². The highest BCUT2D eigenvalue weighted by Gasteiger charge is 2.12. The summed E-state index contributed by atoms with van der Waals surface area (Å²) in [6.07, 6.45) is 1.90. The number of anilines is 1. The van der Waals surface area contributed by atoms with Gasteiger partial charge in [-0.2, -0.15) is 0 Å². The van der Waals surface area contributed by atoms with Crippen LogP contribution in [0.5, 0.6) is 0 Å². The number of benzene rings is 1. The highest BCUT2D eigenvalue weighted by Crippen LogP contribution is 2.24. The van der Waals surface area contributed by atoms with Gasteiger partial charge in [-0.25, -0.2) is 0 Å². The second kappa shape index (κ2) is 5.34. The average Bonchev–Trinajstić information content (AvgIpc) is 2.39. The monoisotopic (exact) mass is 249 g/mol. The summed E-state index contributed by atoms with van der Waals surface area (Å²) in [4.78, 5) is 6.83. The number of piperazine rings is 1. The van der Waals surface area contributed by atoms with E-state index in [9.17, 15) is 0 Å². The highest BCUT2D eigenvalue weighted by molar-refractivity contribution is 5.91. The number of fused-ring (bicyclic) bond motifs is 1.